The third kappa shape index (κ3) is 4.43. The lowest BCUT2D eigenvalue weighted by atomic mass is 10.2. The van der Waals surface area contributed by atoms with Crippen LogP contribution in [0.5, 0.6) is 0 Å². The highest BCUT2D eigenvalue weighted by molar-refractivity contribution is 7.89. The first-order valence-corrected chi connectivity index (χ1v) is 10.3. The first-order valence-electron chi connectivity index (χ1n) is 8.82. The number of hydrogen-bond acceptors (Lipinski definition) is 3. The Hall–Kier alpha value is -2.46. The van der Waals surface area contributed by atoms with Crippen LogP contribution in [0.15, 0.2) is 53.4 Å². The molecule has 0 aromatic heterocycles. The maximum absolute atomic E-state index is 13.9. The van der Waals surface area contributed by atoms with Crippen molar-refractivity contribution in [3.63, 3.8) is 0 Å². The van der Waals surface area contributed by atoms with Crippen molar-refractivity contribution >= 4 is 15.9 Å². The molecule has 3 rings (SSSR count). The highest BCUT2D eigenvalue weighted by atomic mass is 32.2. The van der Waals surface area contributed by atoms with E-state index in [9.17, 15) is 30.8 Å². The third-order valence-electron chi connectivity index (χ3n) is 4.66. The van der Waals surface area contributed by atoms with Crippen LogP contribution in [0.25, 0.3) is 0 Å². The molecule has 1 saturated heterocycles. The Bertz CT molecular complexity index is 1010. The van der Waals surface area contributed by atoms with E-state index in [4.69, 9.17) is 0 Å². The van der Waals surface area contributed by atoms with Gasteiger partial charge in [-0.15, -0.1) is 0 Å². The topological polar surface area (TPSA) is 57.7 Å². The Morgan fingerprint density at radius 2 is 1.55 bits per heavy atom. The van der Waals surface area contributed by atoms with Gasteiger partial charge in [0.05, 0.1) is 16.0 Å². The third-order valence-corrected chi connectivity index (χ3v) is 6.61. The van der Waals surface area contributed by atoms with Gasteiger partial charge >= 0.3 is 6.18 Å². The van der Waals surface area contributed by atoms with Crippen molar-refractivity contribution in [2.45, 2.75) is 17.5 Å². The molecule has 10 heteroatoms. The molecule has 0 saturated carbocycles. The Kier molecular flexibility index (Phi) is 5.95. The van der Waals surface area contributed by atoms with Crippen LogP contribution in [0.2, 0.25) is 0 Å². The van der Waals surface area contributed by atoms with E-state index in [0.29, 0.717) is 0 Å². The van der Waals surface area contributed by atoms with E-state index in [1.54, 1.807) is 0 Å². The summed E-state index contributed by atoms with van der Waals surface area (Å²) >= 11 is 0. The van der Waals surface area contributed by atoms with Crippen LogP contribution in [0.3, 0.4) is 0 Å². The number of carbonyl (C=O) groups is 1. The molecule has 1 aliphatic rings. The van der Waals surface area contributed by atoms with Gasteiger partial charge in [-0.05, 0) is 30.7 Å². The maximum Gasteiger partial charge on any atom is 0.417 e. The summed E-state index contributed by atoms with van der Waals surface area (Å²) in [6.45, 7) is -0.120. The van der Waals surface area contributed by atoms with Crippen LogP contribution < -0.4 is 0 Å². The molecule has 5 nitrogen and oxygen atoms in total. The summed E-state index contributed by atoms with van der Waals surface area (Å²) in [5.41, 5.74) is -1.37. The van der Waals surface area contributed by atoms with E-state index < -0.39 is 38.4 Å². The van der Waals surface area contributed by atoms with Gasteiger partial charge in [-0.25, -0.2) is 12.8 Å². The summed E-state index contributed by atoms with van der Waals surface area (Å²) in [6, 6.07) is 9.43. The molecule has 0 spiro atoms. The van der Waals surface area contributed by atoms with Crippen molar-refractivity contribution in [3.05, 3.63) is 65.5 Å². The standard InChI is InChI=1S/C19H18F4N2O3S/c20-16-8-3-1-6-14(16)18(26)24-10-5-11-25(13-12-24)29(27,28)17-9-4-2-7-15(17)19(21,22)23/h1-4,6-9H,5,10-13H2. The van der Waals surface area contributed by atoms with Crippen molar-refractivity contribution in [1.29, 1.82) is 0 Å². The molecular formula is C19H18F4N2O3S. The van der Waals surface area contributed by atoms with E-state index in [0.717, 1.165) is 28.6 Å². The van der Waals surface area contributed by atoms with Crippen LogP contribution in [-0.2, 0) is 16.2 Å². The van der Waals surface area contributed by atoms with Crippen molar-refractivity contribution in [2.24, 2.45) is 0 Å². The minimum absolute atomic E-state index is 0.0461. The van der Waals surface area contributed by atoms with E-state index >= 15 is 0 Å². The summed E-state index contributed by atoms with van der Waals surface area (Å²) in [6.07, 6.45) is -4.60. The fourth-order valence-corrected chi connectivity index (χ4v) is 4.89. The summed E-state index contributed by atoms with van der Waals surface area (Å²) in [5.74, 6) is -1.27. The fourth-order valence-electron chi connectivity index (χ4n) is 3.21. The Morgan fingerprint density at radius 1 is 0.897 bits per heavy atom. The van der Waals surface area contributed by atoms with Gasteiger partial charge in [-0.3, -0.25) is 4.79 Å². The number of hydrogen-bond donors (Lipinski definition) is 0. The molecule has 2 aromatic carbocycles. The lowest BCUT2D eigenvalue weighted by Crippen LogP contribution is -2.38. The van der Waals surface area contributed by atoms with Crippen molar-refractivity contribution in [2.75, 3.05) is 26.2 Å². The summed E-state index contributed by atoms with van der Waals surface area (Å²) in [7, 11) is -4.42. The van der Waals surface area contributed by atoms with Crippen LogP contribution in [-0.4, -0.2) is 49.7 Å². The van der Waals surface area contributed by atoms with Gasteiger partial charge in [0.2, 0.25) is 10.0 Å². The number of nitrogens with zero attached hydrogens (tertiary/aromatic N) is 2. The van der Waals surface area contributed by atoms with E-state index in [-0.39, 0.29) is 38.2 Å². The van der Waals surface area contributed by atoms with Gasteiger partial charge in [0.25, 0.3) is 5.91 Å². The Balaban J connectivity index is 1.83. The molecule has 1 heterocycles. The SMILES string of the molecule is O=C(c1ccccc1F)N1CCCN(S(=O)(=O)c2ccccc2C(F)(F)F)CC1. The largest absolute Gasteiger partial charge is 0.417 e. The number of alkyl halides is 3. The summed E-state index contributed by atoms with van der Waals surface area (Å²) in [4.78, 5) is 13.0. The lowest BCUT2D eigenvalue weighted by molar-refractivity contribution is -0.139. The number of rotatable bonds is 3. The van der Waals surface area contributed by atoms with Crippen molar-refractivity contribution < 1.29 is 30.8 Å². The second-order valence-electron chi connectivity index (χ2n) is 6.52. The normalized spacial score (nSPS) is 16.5. The van der Waals surface area contributed by atoms with Crippen molar-refractivity contribution in [1.82, 2.24) is 9.21 Å². The number of carbonyl (C=O) groups excluding carboxylic acids is 1. The molecule has 0 aliphatic carbocycles. The molecule has 1 fully saturated rings. The highest BCUT2D eigenvalue weighted by Gasteiger charge is 2.39. The molecule has 0 N–H and O–H groups in total. The number of sulfonamides is 1. The number of amides is 1. The monoisotopic (exact) mass is 430 g/mol. The lowest BCUT2D eigenvalue weighted by Gasteiger charge is -2.23. The summed E-state index contributed by atoms with van der Waals surface area (Å²) < 4.78 is 80.3. The van der Waals surface area contributed by atoms with E-state index in [1.807, 2.05) is 0 Å². The molecule has 29 heavy (non-hydrogen) atoms. The van der Waals surface area contributed by atoms with E-state index in [2.05, 4.69) is 0 Å². The zero-order valence-electron chi connectivity index (χ0n) is 15.2. The molecule has 0 unspecified atom stereocenters. The van der Waals surface area contributed by atoms with Crippen molar-refractivity contribution in [3.8, 4) is 0 Å². The van der Waals surface area contributed by atoms with E-state index in [1.165, 1.54) is 29.2 Å². The average Bonchev–Trinajstić information content (AvgIpc) is 2.94. The summed E-state index contributed by atoms with van der Waals surface area (Å²) in [5, 5.41) is 0. The maximum atomic E-state index is 13.9. The number of benzene rings is 2. The zero-order chi connectivity index (χ0) is 21.2. The van der Waals surface area contributed by atoms with Gasteiger partial charge in [-0.1, -0.05) is 24.3 Å². The Morgan fingerprint density at radius 3 is 2.24 bits per heavy atom. The van der Waals surface area contributed by atoms with Crippen LogP contribution >= 0.6 is 0 Å². The second-order valence-corrected chi connectivity index (χ2v) is 8.43. The predicted molar refractivity (Wildman–Crippen MR) is 97.1 cm³/mol. The molecule has 0 radical (unpaired) electrons. The molecule has 2 aromatic rings. The second kappa shape index (κ2) is 8.11. The van der Waals surface area contributed by atoms with Crippen LogP contribution in [0.4, 0.5) is 17.6 Å². The minimum atomic E-state index is -4.82. The smallest absolute Gasteiger partial charge is 0.337 e. The van der Waals surface area contributed by atoms with Gasteiger partial charge in [-0.2, -0.15) is 17.5 Å². The number of halogens is 4. The first-order chi connectivity index (χ1) is 13.6. The fraction of sp³-hybridized carbons (Fsp3) is 0.316. The van der Waals surface area contributed by atoms with Crippen LogP contribution in [0, 0.1) is 5.82 Å². The quantitative estimate of drug-likeness (QED) is 0.702. The first kappa shape index (κ1) is 21.3. The molecule has 1 amide bonds. The van der Waals surface area contributed by atoms with Gasteiger partial charge in [0.1, 0.15) is 5.82 Å². The highest BCUT2D eigenvalue weighted by Crippen LogP contribution is 2.35. The minimum Gasteiger partial charge on any atom is -0.337 e. The van der Waals surface area contributed by atoms with Crippen LogP contribution in [0.1, 0.15) is 22.3 Å². The van der Waals surface area contributed by atoms with Gasteiger partial charge < -0.3 is 4.90 Å². The molecule has 0 atom stereocenters. The van der Waals surface area contributed by atoms with Gasteiger partial charge in [0.15, 0.2) is 0 Å². The zero-order valence-corrected chi connectivity index (χ0v) is 16.0. The average molecular weight is 430 g/mol. The van der Waals surface area contributed by atoms with Gasteiger partial charge in [0, 0.05) is 26.2 Å². The molecular weight excluding hydrogens is 412 g/mol. The molecule has 1 aliphatic heterocycles. The Labute approximate surface area is 165 Å². The molecule has 156 valence electrons. The predicted octanol–water partition coefficient (Wildman–Crippen LogP) is 3.38. The molecule has 0 bridgehead atoms.